The largest absolute Gasteiger partial charge is 0.506 e. The Bertz CT molecular complexity index is 439. The summed E-state index contributed by atoms with van der Waals surface area (Å²) in [5, 5.41) is 14.3. The van der Waals surface area contributed by atoms with Crippen LogP contribution in [0.4, 0.5) is 0 Å². The number of phenols is 1. The van der Waals surface area contributed by atoms with Gasteiger partial charge in [-0.15, -0.1) is 0 Å². The number of aromatic hydroxyl groups is 1. The molecule has 18 heavy (non-hydrogen) atoms. The molecule has 0 amide bonds. The maximum Gasteiger partial charge on any atom is 0.138 e. The van der Waals surface area contributed by atoms with Gasteiger partial charge in [0.1, 0.15) is 5.75 Å². The number of nitrogens with one attached hydrogen (secondary N) is 1. The Labute approximate surface area is 118 Å². The number of nitrogens with zero attached hydrogens (tertiary/aromatic N) is 1. The molecule has 1 saturated heterocycles. The van der Waals surface area contributed by atoms with Crippen LogP contribution >= 0.6 is 23.2 Å². The Morgan fingerprint density at radius 1 is 1.39 bits per heavy atom. The lowest BCUT2D eigenvalue weighted by atomic mass is 10.1. The van der Waals surface area contributed by atoms with Crippen molar-refractivity contribution in [3.8, 4) is 5.75 Å². The van der Waals surface area contributed by atoms with E-state index in [-0.39, 0.29) is 5.75 Å². The highest BCUT2D eigenvalue weighted by Crippen LogP contribution is 2.32. The molecule has 3 nitrogen and oxygen atoms in total. The Balaban J connectivity index is 2.18. The molecule has 0 spiro atoms. The van der Waals surface area contributed by atoms with Gasteiger partial charge in [0.15, 0.2) is 0 Å². The molecule has 2 atom stereocenters. The predicted molar refractivity (Wildman–Crippen MR) is 75.5 cm³/mol. The van der Waals surface area contributed by atoms with Crippen molar-refractivity contribution in [3.05, 3.63) is 27.7 Å². The van der Waals surface area contributed by atoms with Crippen molar-refractivity contribution in [1.29, 1.82) is 0 Å². The monoisotopic (exact) mass is 288 g/mol. The third-order valence-corrected chi connectivity index (χ3v) is 3.88. The van der Waals surface area contributed by atoms with Gasteiger partial charge in [-0.05, 0) is 26.0 Å². The van der Waals surface area contributed by atoms with E-state index in [1.807, 2.05) is 0 Å². The van der Waals surface area contributed by atoms with E-state index >= 15 is 0 Å². The van der Waals surface area contributed by atoms with Crippen molar-refractivity contribution < 1.29 is 5.11 Å². The molecule has 100 valence electrons. The summed E-state index contributed by atoms with van der Waals surface area (Å²) in [7, 11) is 0. The lowest BCUT2D eigenvalue weighted by Crippen LogP contribution is -2.53. The van der Waals surface area contributed by atoms with Crippen LogP contribution in [0.2, 0.25) is 10.0 Å². The fourth-order valence-corrected chi connectivity index (χ4v) is 2.81. The van der Waals surface area contributed by atoms with Crippen LogP contribution in [0, 0.1) is 0 Å². The van der Waals surface area contributed by atoms with Crippen LogP contribution in [0.1, 0.15) is 19.4 Å². The highest BCUT2D eigenvalue weighted by atomic mass is 35.5. The van der Waals surface area contributed by atoms with Crippen molar-refractivity contribution in [2.45, 2.75) is 32.5 Å². The number of hydrogen-bond donors (Lipinski definition) is 2. The molecule has 1 aliphatic rings. The first kappa shape index (κ1) is 13.9. The predicted octanol–water partition coefficient (Wildman–Crippen LogP) is 2.88. The van der Waals surface area contributed by atoms with Gasteiger partial charge in [0, 0.05) is 42.3 Å². The minimum atomic E-state index is 0.138. The molecule has 1 aliphatic heterocycles. The summed E-state index contributed by atoms with van der Waals surface area (Å²) in [4.78, 5) is 2.32. The molecule has 1 aromatic rings. The normalized spacial score (nSPS) is 25.3. The Morgan fingerprint density at radius 3 is 2.83 bits per heavy atom. The summed E-state index contributed by atoms with van der Waals surface area (Å²) in [5.41, 5.74) is 0.786. The number of phenolic OH excluding ortho intramolecular Hbond substituents is 1. The van der Waals surface area contributed by atoms with Gasteiger partial charge < -0.3 is 10.4 Å². The summed E-state index contributed by atoms with van der Waals surface area (Å²) < 4.78 is 0. The molecule has 2 N–H and O–H groups in total. The number of piperazine rings is 1. The lowest BCUT2D eigenvalue weighted by molar-refractivity contribution is 0.137. The van der Waals surface area contributed by atoms with Gasteiger partial charge in [0.25, 0.3) is 0 Å². The van der Waals surface area contributed by atoms with Crippen molar-refractivity contribution >= 4 is 23.2 Å². The van der Waals surface area contributed by atoms with E-state index in [2.05, 4.69) is 24.1 Å². The minimum absolute atomic E-state index is 0.138. The average Bonchev–Trinajstić information content (AvgIpc) is 2.30. The first-order valence-corrected chi connectivity index (χ1v) is 6.87. The second-order valence-corrected chi connectivity index (χ2v) is 5.83. The average molecular weight is 289 g/mol. The zero-order chi connectivity index (χ0) is 13.3. The van der Waals surface area contributed by atoms with Crippen LogP contribution in [0.3, 0.4) is 0 Å². The molecule has 0 aliphatic carbocycles. The fraction of sp³-hybridized carbons (Fsp3) is 0.538. The molecular weight excluding hydrogens is 271 g/mol. The third-order valence-electron chi connectivity index (χ3n) is 3.37. The van der Waals surface area contributed by atoms with Gasteiger partial charge >= 0.3 is 0 Å². The van der Waals surface area contributed by atoms with Gasteiger partial charge in [-0.2, -0.15) is 0 Å². The van der Waals surface area contributed by atoms with Crippen molar-refractivity contribution in [1.82, 2.24) is 10.2 Å². The molecule has 1 aromatic carbocycles. The molecule has 2 unspecified atom stereocenters. The van der Waals surface area contributed by atoms with E-state index < -0.39 is 0 Å². The molecular formula is C13H18Cl2N2O. The summed E-state index contributed by atoms with van der Waals surface area (Å²) in [6.07, 6.45) is 0. The smallest absolute Gasteiger partial charge is 0.138 e. The maximum atomic E-state index is 9.97. The summed E-state index contributed by atoms with van der Waals surface area (Å²) in [6, 6.07) is 4.23. The van der Waals surface area contributed by atoms with E-state index in [4.69, 9.17) is 23.2 Å². The van der Waals surface area contributed by atoms with Gasteiger partial charge in [-0.3, -0.25) is 4.90 Å². The number of benzene rings is 1. The summed E-state index contributed by atoms with van der Waals surface area (Å²) >= 11 is 11.9. The van der Waals surface area contributed by atoms with Crippen LogP contribution < -0.4 is 5.32 Å². The third kappa shape index (κ3) is 3.09. The Hall–Kier alpha value is -0.480. The van der Waals surface area contributed by atoms with Crippen molar-refractivity contribution in [2.24, 2.45) is 0 Å². The molecule has 0 saturated carbocycles. The second-order valence-electron chi connectivity index (χ2n) is 4.98. The number of halogens is 2. The highest BCUT2D eigenvalue weighted by Gasteiger charge is 2.23. The zero-order valence-corrected chi connectivity index (χ0v) is 12.1. The van der Waals surface area contributed by atoms with Crippen LogP contribution in [-0.4, -0.2) is 35.2 Å². The lowest BCUT2D eigenvalue weighted by Gasteiger charge is -2.37. The molecule has 1 fully saturated rings. The molecule has 1 heterocycles. The van der Waals surface area contributed by atoms with E-state index in [1.54, 1.807) is 12.1 Å². The Morgan fingerprint density at radius 2 is 2.11 bits per heavy atom. The minimum Gasteiger partial charge on any atom is -0.506 e. The van der Waals surface area contributed by atoms with Crippen LogP contribution in [0.15, 0.2) is 12.1 Å². The number of hydrogen-bond acceptors (Lipinski definition) is 3. The zero-order valence-electron chi connectivity index (χ0n) is 10.6. The van der Waals surface area contributed by atoms with Gasteiger partial charge in [0.2, 0.25) is 0 Å². The molecule has 2 rings (SSSR count). The summed E-state index contributed by atoms with van der Waals surface area (Å²) in [6.45, 7) is 6.89. The van der Waals surface area contributed by atoms with Crippen molar-refractivity contribution in [3.63, 3.8) is 0 Å². The molecule has 0 aromatic heterocycles. The van der Waals surface area contributed by atoms with Gasteiger partial charge in [-0.1, -0.05) is 23.2 Å². The SMILES string of the molecule is CC1CN(Cc2cc(Cl)cc(Cl)c2O)C(C)CN1. The summed E-state index contributed by atoms with van der Waals surface area (Å²) in [5.74, 6) is 0.138. The van der Waals surface area contributed by atoms with Gasteiger partial charge in [0.05, 0.1) is 5.02 Å². The van der Waals surface area contributed by atoms with Crippen LogP contribution in [0.25, 0.3) is 0 Å². The first-order chi connectivity index (χ1) is 8.47. The molecule has 0 radical (unpaired) electrons. The maximum absolute atomic E-state index is 9.97. The number of rotatable bonds is 2. The van der Waals surface area contributed by atoms with E-state index in [0.29, 0.717) is 28.7 Å². The fourth-order valence-electron chi connectivity index (χ4n) is 2.28. The van der Waals surface area contributed by atoms with E-state index in [9.17, 15) is 5.11 Å². The second kappa shape index (κ2) is 5.66. The highest BCUT2D eigenvalue weighted by molar-refractivity contribution is 6.35. The van der Waals surface area contributed by atoms with E-state index in [0.717, 1.165) is 18.7 Å². The van der Waals surface area contributed by atoms with Crippen LogP contribution in [0.5, 0.6) is 5.75 Å². The molecule has 5 heteroatoms. The molecule has 0 bridgehead atoms. The van der Waals surface area contributed by atoms with Crippen molar-refractivity contribution in [2.75, 3.05) is 13.1 Å². The van der Waals surface area contributed by atoms with Gasteiger partial charge in [-0.25, -0.2) is 0 Å². The van der Waals surface area contributed by atoms with E-state index in [1.165, 1.54) is 0 Å². The van der Waals surface area contributed by atoms with Crippen LogP contribution in [-0.2, 0) is 6.54 Å². The topological polar surface area (TPSA) is 35.5 Å². The first-order valence-electron chi connectivity index (χ1n) is 6.11. The quantitative estimate of drug-likeness (QED) is 0.878. The Kier molecular flexibility index (Phi) is 4.38. The standard InChI is InChI=1S/C13H18Cl2N2O/c1-8-6-17(9(2)5-16-8)7-10-3-11(14)4-12(15)13(10)18/h3-4,8-9,16,18H,5-7H2,1-2H3.